The molecular formula is C12H15FO3. The molecule has 0 aliphatic heterocycles. The summed E-state index contributed by atoms with van der Waals surface area (Å²) in [5, 5.41) is 9.06. The van der Waals surface area contributed by atoms with Crippen molar-refractivity contribution in [2.24, 2.45) is 0 Å². The number of aliphatic hydroxyl groups excluding tert-OH is 1. The summed E-state index contributed by atoms with van der Waals surface area (Å²) in [6.07, 6.45) is 1.51. The van der Waals surface area contributed by atoms with E-state index in [9.17, 15) is 4.39 Å². The quantitative estimate of drug-likeness (QED) is 0.783. The van der Waals surface area contributed by atoms with Gasteiger partial charge in [0.15, 0.2) is 0 Å². The Morgan fingerprint density at radius 2 is 1.88 bits per heavy atom. The van der Waals surface area contributed by atoms with E-state index in [0.717, 1.165) is 18.4 Å². The van der Waals surface area contributed by atoms with Gasteiger partial charge < -0.3 is 9.84 Å². The molecule has 1 fully saturated rings. The predicted molar refractivity (Wildman–Crippen MR) is 57.5 cm³/mol. The number of rotatable bonds is 2. The van der Waals surface area contributed by atoms with Gasteiger partial charge in [0.2, 0.25) is 0 Å². The molecule has 0 radical (unpaired) electrons. The van der Waals surface area contributed by atoms with E-state index in [1.54, 1.807) is 12.1 Å². The number of aliphatic hydroxyl groups is 1. The topological polar surface area (TPSA) is 46.5 Å². The van der Waals surface area contributed by atoms with Crippen molar-refractivity contribution in [1.82, 2.24) is 0 Å². The van der Waals surface area contributed by atoms with Crippen molar-refractivity contribution >= 4 is 6.47 Å². The third kappa shape index (κ3) is 3.62. The minimum Gasteiger partial charge on any atom is -0.471 e. The number of carbonyl (C=O) groups excluding carboxylic acids is 1. The van der Waals surface area contributed by atoms with E-state index in [-0.39, 0.29) is 11.9 Å². The summed E-state index contributed by atoms with van der Waals surface area (Å²) in [4.78, 5) is 8.95. The van der Waals surface area contributed by atoms with Gasteiger partial charge in [0.1, 0.15) is 5.82 Å². The molecule has 1 aliphatic carbocycles. The van der Waals surface area contributed by atoms with E-state index in [1.807, 2.05) is 0 Å². The highest BCUT2D eigenvalue weighted by molar-refractivity contribution is 5.36. The molecule has 88 valence electrons. The van der Waals surface area contributed by atoms with Crippen molar-refractivity contribution in [3.05, 3.63) is 35.6 Å². The first-order valence-electron chi connectivity index (χ1n) is 5.07. The number of hydrogen-bond donors (Lipinski definition) is 1. The Kier molecular flexibility index (Phi) is 4.92. The van der Waals surface area contributed by atoms with Crippen molar-refractivity contribution in [2.45, 2.75) is 24.9 Å². The Balaban J connectivity index is 0.000000280. The Hall–Kier alpha value is -1.42. The Morgan fingerprint density at radius 3 is 2.25 bits per heavy atom. The van der Waals surface area contributed by atoms with Gasteiger partial charge in [0.05, 0.1) is 13.2 Å². The number of benzene rings is 1. The zero-order chi connectivity index (χ0) is 12.0. The minimum absolute atomic E-state index is 0.139. The molecule has 0 bridgehead atoms. The Morgan fingerprint density at radius 1 is 1.38 bits per heavy atom. The number of carbonyl (C=O) groups is 1. The van der Waals surface area contributed by atoms with Crippen molar-refractivity contribution in [3.8, 4) is 0 Å². The van der Waals surface area contributed by atoms with Crippen molar-refractivity contribution in [1.29, 1.82) is 0 Å². The van der Waals surface area contributed by atoms with Crippen LogP contribution in [0, 0.1) is 5.82 Å². The fourth-order valence-electron chi connectivity index (χ4n) is 1.59. The maximum atomic E-state index is 12.5. The zero-order valence-corrected chi connectivity index (χ0v) is 9.10. The standard InChI is InChI=1S/C10H11FO.C2H4O2/c11-9-3-1-7(2-4-9)8-5-10(12)6-8;1-4-2-3/h1-4,8,10,12H,5-6H2;2H,1H3. The van der Waals surface area contributed by atoms with Crippen molar-refractivity contribution < 1.29 is 19.0 Å². The molecule has 1 saturated carbocycles. The van der Waals surface area contributed by atoms with Crippen LogP contribution in [-0.4, -0.2) is 24.8 Å². The monoisotopic (exact) mass is 226 g/mol. The SMILES string of the molecule is COC=O.OC1CC(c2ccc(F)cc2)C1. The molecule has 0 heterocycles. The van der Waals surface area contributed by atoms with Gasteiger partial charge in [-0.15, -0.1) is 0 Å². The lowest BCUT2D eigenvalue weighted by molar-refractivity contribution is -0.126. The van der Waals surface area contributed by atoms with Crippen molar-refractivity contribution in [3.63, 3.8) is 0 Å². The van der Waals surface area contributed by atoms with Gasteiger partial charge in [-0.05, 0) is 36.5 Å². The summed E-state index contributed by atoms with van der Waals surface area (Å²) in [5.74, 6) is 0.249. The molecule has 16 heavy (non-hydrogen) atoms. The van der Waals surface area contributed by atoms with Crippen LogP contribution < -0.4 is 0 Å². The van der Waals surface area contributed by atoms with Crippen LogP contribution >= 0.6 is 0 Å². The van der Waals surface area contributed by atoms with Gasteiger partial charge in [-0.25, -0.2) is 4.39 Å². The van der Waals surface area contributed by atoms with Crippen LogP contribution in [0.3, 0.4) is 0 Å². The van der Waals surface area contributed by atoms with E-state index in [4.69, 9.17) is 9.90 Å². The van der Waals surface area contributed by atoms with E-state index in [2.05, 4.69) is 4.74 Å². The first-order chi connectivity index (χ1) is 7.67. The second kappa shape index (κ2) is 6.23. The maximum Gasteiger partial charge on any atom is 0.292 e. The molecular weight excluding hydrogens is 211 g/mol. The molecule has 1 aromatic carbocycles. The van der Waals surface area contributed by atoms with E-state index < -0.39 is 0 Å². The average Bonchev–Trinajstić information content (AvgIpc) is 2.27. The van der Waals surface area contributed by atoms with E-state index in [0.29, 0.717) is 12.4 Å². The first-order valence-corrected chi connectivity index (χ1v) is 5.07. The van der Waals surface area contributed by atoms with Gasteiger partial charge >= 0.3 is 0 Å². The number of methoxy groups -OCH3 is 1. The normalized spacial score (nSPS) is 22.4. The summed E-state index contributed by atoms with van der Waals surface area (Å²) < 4.78 is 16.4. The van der Waals surface area contributed by atoms with Crippen LogP contribution in [0.15, 0.2) is 24.3 Å². The molecule has 0 saturated heterocycles. The minimum atomic E-state index is -0.196. The van der Waals surface area contributed by atoms with Gasteiger partial charge in [-0.1, -0.05) is 12.1 Å². The fourth-order valence-corrected chi connectivity index (χ4v) is 1.59. The molecule has 1 N–H and O–H groups in total. The van der Waals surface area contributed by atoms with Gasteiger partial charge in [0, 0.05) is 0 Å². The zero-order valence-electron chi connectivity index (χ0n) is 9.10. The van der Waals surface area contributed by atoms with Gasteiger partial charge in [-0.2, -0.15) is 0 Å². The molecule has 0 aromatic heterocycles. The molecule has 1 aliphatic rings. The highest BCUT2D eigenvalue weighted by Gasteiger charge is 2.28. The first kappa shape index (κ1) is 12.6. The largest absolute Gasteiger partial charge is 0.471 e. The maximum absolute atomic E-state index is 12.5. The lowest BCUT2D eigenvalue weighted by atomic mass is 9.78. The summed E-state index contributed by atoms with van der Waals surface area (Å²) >= 11 is 0. The fraction of sp³-hybridized carbons (Fsp3) is 0.417. The molecule has 2 rings (SSSR count). The number of halogens is 1. The third-order valence-electron chi connectivity index (χ3n) is 2.55. The van der Waals surface area contributed by atoms with Gasteiger partial charge in [0.25, 0.3) is 6.47 Å². The second-order valence-corrected chi connectivity index (χ2v) is 3.71. The predicted octanol–water partition coefficient (Wildman–Crippen LogP) is 1.85. The van der Waals surface area contributed by atoms with Crippen LogP contribution in [0.5, 0.6) is 0 Å². The summed E-state index contributed by atoms with van der Waals surface area (Å²) in [7, 11) is 1.31. The second-order valence-electron chi connectivity index (χ2n) is 3.71. The van der Waals surface area contributed by atoms with Crippen LogP contribution in [0.1, 0.15) is 24.3 Å². The van der Waals surface area contributed by atoms with Crippen LogP contribution in [0.25, 0.3) is 0 Å². The average molecular weight is 226 g/mol. The number of ether oxygens (including phenoxy) is 1. The van der Waals surface area contributed by atoms with Gasteiger partial charge in [-0.3, -0.25) is 4.79 Å². The highest BCUT2D eigenvalue weighted by Crippen LogP contribution is 2.36. The molecule has 3 nitrogen and oxygen atoms in total. The van der Waals surface area contributed by atoms with E-state index in [1.165, 1.54) is 19.2 Å². The van der Waals surface area contributed by atoms with Crippen LogP contribution in [0.2, 0.25) is 0 Å². The summed E-state index contributed by atoms with van der Waals surface area (Å²) in [6, 6.07) is 6.54. The Bertz CT molecular complexity index is 318. The molecule has 1 aromatic rings. The number of hydrogen-bond acceptors (Lipinski definition) is 3. The van der Waals surface area contributed by atoms with Crippen LogP contribution in [-0.2, 0) is 9.53 Å². The lowest BCUT2D eigenvalue weighted by Gasteiger charge is -2.31. The highest BCUT2D eigenvalue weighted by atomic mass is 19.1. The molecule has 0 unspecified atom stereocenters. The molecule has 0 atom stereocenters. The summed E-state index contributed by atoms with van der Waals surface area (Å²) in [5.41, 5.74) is 1.14. The lowest BCUT2D eigenvalue weighted by Crippen LogP contribution is -2.26. The molecule has 4 heteroatoms. The molecule has 0 amide bonds. The third-order valence-corrected chi connectivity index (χ3v) is 2.55. The van der Waals surface area contributed by atoms with E-state index >= 15 is 0 Å². The Labute approximate surface area is 93.9 Å². The summed E-state index contributed by atoms with van der Waals surface area (Å²) in [6.45, 7) is 0.375. The smallest absolute Gasteiger partial charge is 0.292 e. The molecule has 0 spiro atoms. The van der Waals surface area contributed by atoms with Crippen LogP contribution in [0.4, 0.5) is 4.39 Å². The van der Waals surface area contributed by atoms with Crippen molar-refractivity contribution in [2.75, 3.05) is 7.11 Å².